The van der Waals surface area contributed by atoms with Crippen LogP contribution in [0.1, 0.15) is 26.3 Å². The van der Waals surface area contributed by atoms with Gasteiger partial charge in [0.2, 0.25) is 0 Å². The minimum atomic E-state index is -0.377. The zero-order chi connectivity index (χ0) is 15.2. The summed E-state index contributed by atoms with van der Waals surface area (Å²) in [5.74, 6) is 1.16. The van der Waals surface area contributed by atoms with Gasteiger partial charge in [0.1, 0.15) is 0 Å². The highest BCUT2D eigenvalue weighted by Crippen LogP contribution is 2.47. The van der Waals surface area contributed by atoms with E-state index < -0.39 is 0 Å². The van der Waals surface area contributed by atoms with Gasteiger partial charge in [-0.15, -0.1) is 0 Å². The lowest BCUT2D eigenvalue weighted by Gasteiger charge is -2.25. The van der Waals surface area contributed by atoms with Gasteiger partial charge >= 0.3 is 0 Å². The molecule has 0 saturated heterocycles. The second-order valence-electron chi connectivity index (χ2n) is 6.10. The number of nitro groups is 1. The van der Waals surface area contributed by atoms with Crippen LogP contribution >= 0.6 is 0 Å². The van der Waals surface area contributed by atoms with E-state index >= 15 is 0 Å². The maximum atomic E-state index is 11.4. The maximum Gasteiger partial charge on any atom is 0.296 e. The van der Waals surface area contributed by atoms with Crippen LogP contribution < -0.4 is 10.1 Å². The van der Waals surface area contributed by atoms with Crippen LogP contribution in [0.3, 0.4) is 0 Å². The molecule has 2 aromatic carbocycles. The van der Waals surface area contributed by atoms with E-state index in [1.807, 2.05) is 51.1 Å². The molecule has 5 nitrogen and oxygen atoms in total. The van der Waals surface area contributed by atoms with E-state index in [1.165, 1.54) is 0 Å². The number of ether oxygens (including phenoxy) is 1. The number of fused-ring (bicyclic) bond motifs is 2. The van der Waals surface area contributed by atoms with Crippen LogP contribution in [0, 0.1) is 10.1 Å². The van der Waals surface area contributed by atoms with Gasteiger partial charge in [0.05, 0.1) is 10.6 Å². The number of benzene rings is 2. The molecule has 1 heterocycles. The molecule has 5 heteroatoms. The minimum Gasteiger partial charge on any atom is -0.453 e. The molecule has 21 heavy (non-hydrogen) atoms. The molecule has 2 aromatic rings. The van der Waals surface area contributed by atoms with Crippen LogP contribution in [0.15, 0.2) is 36.4 Å². The SMILES string of the molecule is CC(C)(C)c1cc2c(c([N+](=O)[O-])c1)Nc1ccccc1O2. The smallest absolute Gasteiger partial charge is 0.296 e. The predicted octanol–water partition coefficient (Wildman–Crippen LogP) is 4.74. The van der Waals surface area contributed by atoms with E-state index in [2.05, 4.69) is 5.32 Å². The molecule has 0 aromatic heterocycles. The zero-order valence-electron chi connectivity index (χ0n) is 12.1. The van der Waals surface area contributed by atoms with Crippen molar-refractivity contribution in [2.24, 2.45) is 0 Å². The fourth-order valence-corrected chi connectivity index (χ4v) is 2.30. The lowest BCUT2D eigenvalue weighted by molar-refractivity contribution is -0.384. The van der Waals surface area contributed by atoms with Gasteiger partial charge in [-0.1, -0.05) is 32.9 Å². The summed E-state index contributed by atoms with van der Waals surface area (Å²) in [5.41, 5.74) is 1.85. The second-order valence-corrected chi connectivity index (χ2v) is 6.10. The molecule has 0 bridgehead atoms. The molecule has 0 amide bonds. The van der Waals surface area contributed by atoms with Gasteiger partial charge in [-0.2, -0.15) is 0 Å². The van der Waals surface area contributed by atoms with Gasteiger partial charge in [0.25, 0.3) is 5.69 Å². The number of hydrogen-bond acceptors (Lipinski definition) is 4. The number of anilines is 2. The van der Waals surface area contributed by atoms with Crippen molar-refractivity contribution in [3.05, 3.63) is 52.1 Å². The Labute approximate surface area is 122 Å². The van der Waals surface area contributed by atoms with Crippen molar-refractivity contribution >= 4 is 17.1 Å². The molecule has 0 radical (unpaired) electrons. The third kappa shape index (κ3) is 2.31. The molecule has 1 aliphatic heterocycles. The molecule has 0 unspecified atom stereocenters. The van der Waals surface area contributed by atoms with Gasteiger partial charge < -0.3 is 10.1 Å². The number of rotatable bonds is 1. The number of nitro benzene ring substituents is 1. The van der Waals surface area contributed by atoms with Crippen molar-refractivity contribution < 1.29 is 9.66 Å². The Kier molecular flexibility index (Phi) is 2.86. The van der Waals surface area contributed by atoms with E-state index in [4.69, 9.17) is 4.74 Å². The van der Waals surface area contributed by atoms with Crippen LogP contribution in [-0.2, 0) is 5.41 Å². The number of hydrogen-bond donors (Lipinski definition) is 1. The Morgan fingerprint density at radius 2 is 1.86 bits per heavy atom. The summed E-state index contributed by atoms with van der Waals surface area (Å²) in [7, 11) is 0. The molecule has 0 spiro atoms. The topological polar surface area (TPSA) is 64.4 Å². The van der Waals surface area contributed by atoms with Crippen molar-refractivity contribution in [2.75, 3.05) is 5.32 Å². The van der Waals surface area contributed by atoms with Gasteiger partial charge in [-0.25, -0.2) is 0 Å². The summed E-state index contributed by atoms with van der Waals surface area (Å²) in [6.07, 6.45) is 0. The van der Waals surface area contributed by atoms with Gasteiger partial charge in [0, 0.05) is 6.07 Å². The van der Waals surface area contributed by atoms with E-state index in [1.54, 1.807) is 6.07 Å². The Hall–Kier alpha value is -2.56. The van der Waals surface area contributed by atoms with Crippen LogP contribution in [0.25, 0.3) is 0 Å². The summed E-state index contributed by atoms with van der Waals surface area (Å²) < 4.78 is 5.84. The van der Waals surface area contributed by atoms with Crippen molar-refractivity contribution in [1.82, 2.24) is 0 Å². The van der Waals surface area contributed by atoms with Crippen LogP contribution in [-0.4, -0.2) is 4.92 Å². The molecule has 0 aliphatic carbocycles. The summed E-state index contributed by atoms with van der Waals surface area (Å²) in [5, 5.41) is 14.5. The largest absolute Gasteiger partial charge is 0.453 e. The Morgan fingerprint density at radius 3 is 2.52 bits per heavy atom. The summed E-state index contributed by atoms with van der Waals surface area (Å²) in [4.78, 5) is 11.0. The monoisotopic (exact) mass is 284 g/mol. The lowest BCUT2D eigenvalue weighted by Crippen LogP contribution is -2.14. The van der Waals surface area contributed by atoms with Gasteiger partial charge in [-0.3, -0.25) is 10.1 Å². The summed E-state index contributed by atoms with van der Waals surface area (Å²) in [6, 6.07) is 10.9. The summed E-state index contributed by atoms with van der Waals surface area (Å²) >= 11 is 0. The Bertz CT molecular complexity index is 733. The number of para-hydroxylation sites is 2. The fraction of sp³-hybridized carbons (Fsp3) is 0.250. The molecule has 0 fully saturated rings. The van der Waals surface area contributed by atoms with Crippen molar-refractivity contribution in [2.45, 2.75) is 26.2 Å². The second kappa shape index (κ2) is 4.48. The quantitative estimate of drug-likeness (QED) is 0.517. The zero-order valence-corrected chi connectivity index (χ0v) is 12.1. The third-order valence-electron chi connectivity index (χ3n) is 3.51. The molecule has 1 N–H and O–H groups in total. The highest BCUT2D eigenvalue weighted by molar-refractivity contribution is 5.82. The molecular formula is C16H16N2O3. The van der Waals surface area contributed by atoms with Gasteiger partial charge in [-0.05, 0) is 29.2 Å². The Balaban J connectivity index is 2.19. The normalized spacial score (nSPS) is 12.7. The van der Waals surface area contributed by atoms with E-state index in [9.17, 15) is 10.1 Å². The van der Waals surface area contributed by atoms with E-state index in [-0.39, 0.29) is 16.0 Å². The molecule has 1 aliphatic rings. The van der Waals surface area contributed by atoms with Crippen LogP contribution in [0.2, 0.25) is 0 Å². The van der Waals surface area contributed by atoms with Crippen molar-refractivity contribution in [3.8, 4) is 11.5 Å². The van der Waals surface area contributed by atoms with Crippen LogP contribution in [0.4, 0.5) is 17.1 Å². The predicted molar refractivity (Wildman–Crippen MR) is 81.6 cm³/mol. The average Bonchev–Trinajstić information content (AvgIpc) is 2.42. The average molecular weight is 284 g/mol. The lowest BCUT2D eigenvalue weighted by atomic mass is 9.86. The highest BCUT2D eigenvalue weighted by Gasteiger charge is 2.28. The molecule has 0 saturated carbocycles. The highest BCUT2D eigenvalue weighted by atomic mass is 16.6. The van der Waals surface area contributed by atoms with Crippen molar-refractivity contribution in [1.29, 1.82) is 0 Å². The fourth-order valence-electron chi connectivity index (χ4n) is 2.30. The first-order valence-corrected chi connectivity index (χ1v) is 6.73. The maximum absolute atomic E-state index is 11.4. The first kappa shape index (κ1) is 13.4. The molecule has 0 atom stereocenters. The standard InChI is InChI=1S/C16H16N2O3/c1-16(2,3)10-8-12(18(19)20)15-14(9-10)21-13-7-5-4-6-11(13)17-15/h4-9,17H,1-3H3. The Morgan fingerprint density at radius 1 is 1.14 bits per heavy atom. The minimum absolute atomic E-state index is 0.0342. The van der Waals surface area contributed by atoms with E-state index in [0.717, 1.165) is 11.3 Å². The van der Waals surface area contributed by atoms with E-state index in [0.29, 0.717) is 17.2 Å². The molecular weight excluding hydrogens is 268 g/mol. The van der Waals surface area contributed by atoms with Crippen molar-refractivity contribution in [3.63, 3.8) is 0 Å². The number of nitrogens with one attached hydrogen (secondary N) is 1. The molecule has 3 rings (SSSR count). The first-order valence-electron chi connectivity index (χ1n) is 6.73. The number of nitrogens with zero attached hydrogens (tertiary/aromatic N) is 1. The third-order valence-corrected chi connectivity index (χ3v) is 3.51. The summed E-state index contributed by atoms with van der Waals surface area (Å²) in [6.45, 7) is 6.05. The van der Waals surface area contributed by atoms with Crippen LogP contribution in [0.5, 0.6) is 11.5 Å². The van der Waals surface area contributed by atoms with Gasteiger partial charge in [0.15, 0.2) is 17.2 Å². The first-order chi connectivity index (χ1) is 9.86. The molecule has 108 valence electrons.